The van der Waals surface area contributed by atoms with Crippen molar-refractivity contribution in [2.75, 3.05) is 13.7 Å². The van der Waals surface area contributed by atoms with Crippen LogP contribution in [0.15, 0.2) is 59.6 Å². The number of aliphatic imine (C=N–C) groups is 1. The van der Waals surface area contributed by atoms with Crippen molar-refractivity contribution < 1.29 is 14.3 Å². The summed E-state index contributed by atoms with van der Waals surface area (Å²) in [6.07, 6.45) is 4.33. The molecule has 0 fully saturated rings. The van der Waals surface area contributed by atoms with Gasteiger partial charge in [0, 0.05) is 18.2 Å². The third-order valence-corrected chi connectivity index (χ3v) is 3.76. The Hall–Kier alpha value is -2.88. The van der Waals surface area contributed by atoms with Gasteiger partial charge in [0.25, 0.3) is 0 Å². The first kappa shape index (κ1) is 18.5. The molecule has 0 aliphatic carbocycles. The Labute approximate surface area is 148 Å². The summed E-state index contributed by atoms with van der Waals surface area (Å²) in [4.78, 5) is 16.2. The number of carbonyl (C=O) groups excluding carboxylic acids is 1. The predicted octanol–water partition coefficient (Wildman–Crippen LogP) is 4.55. The van der Waals surface area contributed by atoms with E-state index < -0.39 is 0 Å². The van der Waals surface area contributed by atoms with E-state index in [1.165, 1.54) is 7.11 Å². The molecule has 0 aromatic heterocycles. The van der Waals surface area contributed by atoms with Crippen LogP contribution in [-0.4, -0.2) is 25.9 Å². The molecular weight excluding hydrogens is 314 g/mol. The number of para-hydroxylation sites is 1. The van der Waals surface area contributed by atoms with Gasteiger partial charge in [-0.3, -0.25) is 4.99 Å². The van der Waals surface area contributed by atoms with Crippen LogP contribution in [0.2, 0.25) is 0 Å². The van der Waals surface area contributed by atoms with Gasteiger partial charge in [0.2, 0.25) is 0 Å². The minimum Gasteiger partial charge on any atom is -0.493 e. The van der Waals surface area contributed by atoms with Crippen molar-refractivity contribution in [3.8, 4) is 5.75 Å². The number of benzene rings is 2. The Morgan fingerprint density at radius 1 is 1.04 bits per heavy atom. The number of allylic oxidation sites excluding steroid dienone is 1. The molecule has 0 heterocycles. The van der Waals surface area contributed by atoms with Crippen LogP contribution in [0, 0.1) is 0 Å². The van der Waals surface area contributed by atoms with Crippen molar-refractivity contribution in [1.29, 1.82) is 0 Å². The minimum atomic E-state index is -0.329. The van der Waals surface area contributed by atoms with E-state index in [4.69, 9.17) is 9.47 Å². The fourth-order valence-corrected chi connectivity index (χ4v) is 2.56. The van der Waals surface area contributed by atoms with Gasteiger partial charge < -0.3 is 9.47 Å². The van der Waals surface area contributed by atoms with Crippen LogP contribution in [0.3, 0.4) is 0 Å². The molecule has 0 unspecified atom stereocenters. The summed E-state index contributed by atoms with van der Waals surface area (Å²) in [6, 6.07) is 15.2. The second-order valence-electron chi connectivity index (χ2n) is 5.30. The summed E-state index contributed by atoms with van der Waals surface area (Å²) in [5.41, 5.74) is 3.30. The number of hydrogen-bond acceptors (Lipinski definition) is 4. The first-order valence-electron chi connectivity index (χ1n) is 8.24. The number of hydrogen-bond donors (Lipinski definition) is 0. The maximum Gasteiger partial charge on any atom is 0.338 e. The molecule has 0 atom stereocenters. The Morgan fingerprint density at radius 3 is 2.40 bits per heavy atom. The molecule has 0 N–H and O–H groups in total. The highest BCUT2D eigenvalue weighted by atomic mass is 16.5. The summed E-state index contributed by atoms with van der Waals surface area (Å²) >= 11 is 0. The van der Waals surface area contributed by atoms with E-state index in [0.717, 1.165) is 22.6 Å². The monoisotopic (exact) mass is 337 g/mol. The number of esters is 1. The van der Waals surface area contributed by atoms with Gasteiger partial charge in [0.05, 0.1) is 25.0 Å². The molecule has 2 rings (SSSR count). The first-order chi connectivity index (χ1) is 12.2. The van der Waals surface area contributed by atoms with E-state index in [9.17, 15) is 4.79 Å². The molecular formula is C21H23NO3. The van der Waals surface area contributed by atoms with E-state index in [0.29, 0.717) is 18.6 Å². The number of methoxy groups -OCH3 is 1. The van der Waals surface area contributed by atoms with Gasteiger partial charge in [-0.1, -0.05) is 36.4 Å². The fraction of sp³-hybridized carbons (Fsp3) is 0.238. The molecule has 25 heavy (non-hydrogen) atoms. The second-order valence-corrected chi connectivity index (χ2v) is 5.30. The number of ether oxygens (including phenoxy) is 2. The highest BCUT2D eigenvalue weighted by Gasteiger charge is 2.12. The SMILES string of the molecule is CC=N/C(=C\C)c1ccccc1OCCc1ccccc1C(=O)OC. The fourth-order valence-electron chi connectivity index (χ4n) is 2.56. The van der Waals surface area contributed by atoms with Crippen LogP contribution in [-0.2, 0) is 11.2 Å². The largest absolute Gasteiger partial charge is 0.493 e. The van der Waals surface area contributed by atoms with Crippen LogP contribution in [0.4, 0.5) is 0 Å². The van der Waals surface area contributed by atoms with Crippen molar-refractivity contribution in [1.82, 2.24) is 0 Å². The molecule has 0 aliphatic heterocycles. The molecule has 0 spiro atoms. The van der Waals surface area contributed by atoms with Crippen LogP contribution < -0.4 is 4.74 Å². The lowest BCUT2D eigenvalue weighted by Gasteiger charge is -2.13. The Morgan fingerprint density at radius 2 is 1.72 bits per heavy atom. The highest BCUT2D eigenvalue weighted by molar-refractivity contribution is 5.91. The molecule has 0 saturated heterocycles. The number of carbonyl (C=O) groups is 1. The quantitative estimate of drug-likeness (QED) is 0.550. The van der Waals surface area contributed by atoms with Crippen LogP contribution in [0.25, 0.3) is 5.70 Å². The standard InChI is InChI=1S/C21H23NO3/c1-4-19(22-5-2)18-12-8-9-13-20(18)25-15-14-16-10-6-7-11-17(16)21(23)24-3/h4-13H,14-15H2,1-3H3/b19-4-,22-5?. The molecule has 4 heteroatoms. The lowest BCUT2D eigenvalue weighted by molar-refractivity contribution is 0.0599. The molecule has 0 saturated carbocycles. The lowest BCUT2D eigenvalue weighted by Crippen LogP contribution is -2.09. The summed E-state index contributed by atoms with van der Waals surface area (Å²) < 4.78 is 10.8. The summed E-state index contributed by atoms with van der Waals surface area (Å²) in [6.45, 7) is 4.29. The summed E-state index contributed by atoms with van der Waals surface area (Å²) in [7, 11) is 1.39. The predicted molar refractivity (Wildman–Crippen MR) is 101 cm³/mol. The van der Waals surface area contributed by atoms with Gasteiger partial charge >= 0.3 is 5.97 Å². The van der Waals surface area contributed by atoms with Crippen LogP contribution in [0.1, 0.15) is 35.3 Å². The number of nitrogens with zero attached hydrogens (tertiary/aromatic N) is 1. The molecule has 0 amide bonds. The third kappa shape index (κ3) is 4.80. The summed E-state index contributed by atoms with van der Waals surface area (Å²) in [5, 5.41) is 0. The molecule has 0 bridgehead atoms. The van der Waals surface area contributed by atoms with Gasteiger partial charge in [-0.05, 0) is 37.6 Å². The molecule has 130 valence electrons. The lowest BCUT2D eigenvalue weighted by atomic mass is 10.1. The van der Waals surface area contributed by atoms with Crippen LogP contribution >= 0.6 is 0 Å². The minimum absolute atomic E-state index is 0.329. The van der Waals surface area contributed by atoms with E-state index in [2.05, 4.69) is 4.99 Å². The van der Waals surface area contributed by atoms with Gasteiger partial charge in [-0.25, -0.2) is 4.79 Å². The second kappa shape index (κ2) is 9.42. The smallest absolute Gasteiger partial charge is 0.338 e. The summed E-state index contributed by atoms with van der Waals surface area (Å²) in [5.74, 6) is 0.446. The third-order valence-electron chi connectivity index (χ3n) is 3.76. The first-order valence-corrected chi connectivity index (χ1v) is 8.24. The average molecular weight is 337 g/mol. The van der Waals surface area contributed by atoms with Crippen LogP contribution in [0.5, 0.6) is 5.75 Å². The Bertz CT molecular complexity index is 778. The van der Waals surface area contributed by atoms with Gasteiger partial charge in [-0.2, -0.15) is 0 Å². The topological polar surface area (TPSA) is 47.9 Å². The van der Waals surface area contributed by atoms with E-state index >= 15 is 0 Å². The zero-order valence-electron chi connectivity index (χ0n) is 14.9. The van der Waals surface area contributed by atoms with E-state index in [-0.39, 0.29) is 5.97 Å². The molecule has 4 nitrogen and oxygen atoms in total. The Kier molecular flexibility index (Phi) is 6.96. The maximum absolute atomic E-state index is 11.8. The van der Waals surface area contributed by atoms with Crippen molar-refractivity contribution >= 4 is 17.9 Å². The van der Waals surface area contributed by atoms with Gasteiger partial charge in [0.15, 0.2) is 0 Å². The van der Waals surface area contributed by atoms with E-state index in [1.54, 1.807) is 12.3 Å². The highest BCUT2D eigenvalue weighted by Crippen LogP contribution is 2.27. The zero-order chi connectivity index (χ0) is 18.1. The van der Waals surface area contributed by atoms with Crippen molar-refractivity contribution in [2.45, 2.75) is 20.3 Å². The van der Waals surface area contributed by atoms with E-state index in [1.807, 2.05) is 62.4 Å². The Balaban J connectivity index is 2.13. The zero-order valence-corrected chi connectivity index (χ0v) is 14.9. The van der Waals surface area contributed by atoms with Gasteiger partial charge in [-0.15, -0.1) is 0 Å². The molecule has 2 aromatic carbocycles. The molecule has 0 radical (unpaired) electrons. The molecule has 0 aliphatic rings. The number of rotatable bonds is 7. The van der Waals surface area contributed by atoms with Crippen molar-refractivity contribution in [3.05, 3.63) is 71.3 Å². The van der Waals surface area contributed by atoms with Crippen molar-refractivity contribution in [3.63, 3.8) is 0 Å². The maximum atomic E-state index is 11.8. The molecule has 2 aromatic rings. The normalized spacial score (nSPS) is 11.6. The van der Waals surface area contributed by atoms with Gasteiger partial charge in [0.1, 0.15) is 5.75 Å². The van der Waals surface area contributed by atoms with Crippen molar-refractivity contribution in [2.24, 2.45) is 4.99 Å². The average Bonchev–Trinajstić information content (AvgIpc) is 2.66.